The molecule has 4 unspecified atom stereocenters. The minimum Gasteiger partial charge on any atom is -0.335 e. The van der Waals surface area contributed by atoms with Gasteiger partial charge in [0.2, 0.25) is 5.79 Å². The Hall–Kier alpha value is -3.90. The smallest absolute Gasteiger partial charge is 0.223 e. The summed E-state index contributed by atoms with van der Waals surface area (Å²) in [5, 5.41) is 5.39. The molecule has 0 saturated carbocycles. The van der Waals surface area contributed by atoms with Gasteiger partial charge < -0.3 is 9.47 Å². The van der Waals surface area contributed by atoms with Crippen molar-refractivity contribution in [1.29, 1.82) is 0 Å². The Morgan fingerprint density at radius 1 is 0.383 bits per heavy atom. The van der Waals surface area contributed by atoms with Crippen molar-refractivity contribution < 1.29 is 9.47 Å². The van der Waals surface area contributed by atoms with E-state index in [1.54, 1.807) is 0 Å². The summed E-state index contributed by atoms with van der Waals surface area (Å²) >= 11 is 0. The molecule has 0 spiro atoms. The highest BCUT2D eigenvalue weighted by molar-refractivity contribution is 7.74. The fraction of sp³-hybridized carbons (Fsp3) is 0.163. The van der Waals surface area contributed by atoms with Crippen LogP contribution in [0.15, 0.2) is 182 Å². The molecule has 2 nitrogen and oxygen atoms in total. The van der Waals surface area contributed by atoms with Gasteiger partial charge in [-0.1, -0.05) is 196 Å². The third-order valence-electron chi connectivity index (χ3n) is 9.14. The number of rotatable bonds is 10. The first-order valence-corrected chi connectivity index (χ1v) is 19.2. The van der Waals surface area contributed by atoms with E-state index in [4.69, 9.17) is 9.47 Å². The quantitative estimate of drug-likeness (QED) is 0.138. The molecule has 0 N–H and O–H groups in total. The summed E-state index contributed by atoms with van der Waals surface area (Å²) in [4.78, 5) is 0. The molecule has 0 aromatic heterocycles. The summed E-state index contributed by atoms with van der Waals surface area (Å²) in [6.07, 6.45) is -0.372. The van der Waals surface area contributed by atoms with Crippen molar-refractivity contribution in [3.63, 3.8) is 0 Å². The van der Waals surface area contributed by atoms with E-state index < -0.39 is 21.6 Å². The van der Waals surface area contributed by atoms with E-state index in [0.29, 0.717) is 0 Å². The monoisotopic (exact) mass is 650 g/mol. The summed E-state index contributed by atoms with van der Waals surface area (Å²) in [5.74, 6) is -1.04. The van der Waals surface area contributed by atoms with Crippen LogP contribution < -0.4 is 21.2 Å². The van der Waals surface area contributed by atoms with Crippen LogP contribution in [0.2, 0.25) is 0 Å². The van der Waals surface area contributed by atoms with Gasteiger partial charge in [0, 0.05) is 22.4 Å². The maximum Gasteiger partial charge on any atom is 0.223 e. The van der Waals surface area contributed by atoms with Crippen molar-refractivity contribution in [3.05, 3.63) is 193 Å². The second kappa shape index (κ2) is 14.5. The van der Waals surface area contributed by atoms with E-state index in [1.165, 1.54) is 21.2 Å². The van der Waals surface area contributed by atoms with Crippen LogP contribution in [0, 0.1) is 0 Å². The maximum atomic E-state index is 7.57. The van der Waals surface area contributed by atoms with Gasteiger partial charge in [-0.25, -0.2) is 0 Å². The second-order valence-corrected chi connectivity index (χ2v) is 17.3. The fourth-order valence-electron chi connectivity index (χ4n) is 6.93. The van der Waals surface area contributed by atoms with Crippen molar-refractivity contribution >= 4 is 37.1 Å². The van der Waals surface area contributed by atoms with Gasteiger partial charge in [0.15, 0.2) is 0 Å². The van der Waals surface area contributed by atoms with Gasteiger partial charge in [0.25, 0.3) is 0 Å². The van der Waals surface area contributed by atoms with Crippen molar-refractivity contribution in [2.24, 2.45) is 0 Å². The second-order valence-electron chi connectivity index (χ2n) is 12.1. The average molecular weight is 651 g/mol. The Labute approximate surface area is 281 Å². The molecule has 1 fully saturated rings. The highest BCUT2D eigenvalue weighted by atomic mass is 31.1. The predicted octanol–water partition coefficient (Wildman–Crippen LogP) is 8.71. The van der Waals surface area contributed by atoms with Crippen molar-refractivity contribution in [3.8, 4) is 0 Å². The summed E-state index contributed by atoms with van der Waals surface area (Å²) in [5.41, 5.74) is 2.34. The molecule has 234 valence electrons. The SMILES string of the molecule is CC(C1OC(c2ccccc2)(c2ccccc2)OC1C(C)P(c1ccccc1)c1ccccc1)P(c1ccccc1)c1ccccc1. The molecule has 1 saturated heterocycles. The van der Waals surface area contributed by atoms with Gasteiger partial charge in [-0.3, -0.25) is 0 Å². The van der Waals surface area contributed by atoms with Crippen molar-refractivity contribution in [2.45, 2.75) is 43.2 Å². The molecular formula is C43H40O2P2. The molecule has 1 heterocycles. The van der Waals surface area contributed by atoms with Crippen LogP contribution >= 0.6 is 15.8 Å². The normalized spacial score (nSPS) is 18.6. The van der Waals surface area contributed by atoms with E-state index in [0.717, 1.165) is 11.1 Å². The van der Waals surface area contributed by atoms with Crippen LogP contribution in [0.5, 0.6) is 0 Å². The van der Waals surface area contributed by atoms with E-state index in [-0.39, 0.29) is 23.5 Å². The molecule has 6 aromatic carbocycles. The molecule has 0 radical (unpaired) electrons. The molecule has 0 aliphatic carbocycles. The third kappa shape index (κ3) is 6.49. The van der Waals surface area contributed by atoms with Crippen LogP contribution in [0.3, 0.4) is 0 Å². The van der Waals surface area contributed by atoms with Gasteiger partial charge in [-0.15, -0.1) is 0 Å². The molecule has 0 amide bonds. The molecular weight excluding hydrogens is 610 g/mol. The molecule has 4 heteroatoms. The minimum atomic E-state index is -1.04. The molecule has 4 atom stereocenters. The average Bonchev–Trinajstić information content (AvgIpc) is 3.57. The first-order valence-electron chi connectivity index (χ1n) is 16.4. The van der Waals surface area contributed by atoms with Crippen LogP contribution in [-0.2, 0) is 15.3 Å². The van der Waals surface area contributed by atoms with E-state index in [1.807, 2.05) is 0 Å². The molecule has 47 heavy (non-hydrogen) atoms. The molecule has 0 bridgehead atoms. The maximum absolute atomic E-state index is 7.57. The third-order valence-corrected chi connectivity index (χ3v) is 14.8. The Bertz CT molecular complexity index is 1600. The summed E-state index contributed by atoms with van der Waals surface area (Å²) < 4.78 is 15.1. The zero-order valence-electron chi connectivity index (χ0n) is 26.8. The van der Waals surface area contributed by atoms with Crippen molar-refractivity contribution in [2.75, 3.05) is 0 Å². The summed E-state index contributed by atoms with van der Waals surface area (Å²) in [6, 6.07) is 65.1. The van der Waals surface area contributed by atoms with Gasteiger partial charge in [0.05, 0.1) is 12.2 Å². The minimum absolute atomic E-state index is 0.153. The van der Waals surface area contributed by atoms with Crippen molar-refractivity contribution in [1.82, 2.24) is 0 Å². The van der Waals surface area contributed by atoms with Crippen LogP contribution in [0.4, 0.5) is 0 Å². The number of hydrogen-bond acceptors (Lipinski definition) is 2. The Morgan fingerprint density at radius 2 is 0.617 bits per heavy atom. The van der Waals surface area contributed by atoms with Crippen LogP contribution in [0.1, 0.15) is 25.0 Å². The Balaban J connectivity index is 1.40. The molecule has 1 aliphatic rings. The first kappa shape index (κ1) is 31.7. The van der Waals surface area contributed by atoms with Gasteiger partial charge in [-0.2, -0.15) is 0 Å². The number of hydrogen-bond donors (Lipinski definition) is 0. The van der Waals surface area contributed by atoms with E-state index >= 15 is 0 Å². The molecule has 1 aliphatic heterocycles. The van der Waals surface area contributed by atoms with Crippen LogP contribution in [-0.4, -0.2) is 23.5 Å². The van der Waals surface area contributed by atoms with E-state index in [9.17, 15) is 0 Å². The fourth-order valence-corrected chi connectivity index (χ4v) is 12.4. The standard InChI is InChI=1S/C43H40O2P2/c1-33(46(37-25-13-5-14-26-37)38-27-15-6-16-28-38)41-42(34(2)47(39-29-17-7-18-30-39)40-31-19-8-20-32-40)45-43(44-41,35-21-9-3-10-22-35)36-23-11-4-12-24-36/h3-34,41-42H,1-2H3. The summed E-state index contributed by atoms with van der Waals surface area (Å²) in [6.45, 7) is 4.78. The Morgan fingerprint density at radius 3 is 0.872 bits per heavy atom. The number of ether oxygens (including phenoxy) is 2. The Kier molecular flexibility index (Phi) is 9.76. The lowest BCUT2D eigenvalue weighted by Crippen LogP contribution is -2.42. The van der Waals surface area contributed by atoms with Gasteiger partial charge in [0.1, 0.15) is 0 Å². The first-order chi connectivity index (χ1) is 23.2. The summed E-state index contributed by atoms with van der Waals surface area (Å²) in [7, 11) is -1.56. The van der Waals surface area contributed by atoms with Crippen LogP contribution in [0.25, 0.3) is 0 Å². The van der Waals surface area contributed by atoms with E-state index in [2.05, 4.69) is 196 Å². The zero-order valence-corrected chi connectivity index (χ0v) is 28.6. The highest BCUT2D eigenvalue weighted by Gasteiger charge is 2.55. The largest absolute Gasteiger partial charge is 0.335 e. The molecule has 7 rings (SSSR count). The predicted molar refractivity (Wildman–Crippen MR) is 200 cm³/mol. The molecule has 6 aromatic rings. The van der Waals surface area contributed by atoms with Gasteiger partial charge >= 0.3 is 0 Å². The zero-order chi connectivity index (χ0) is 32.1. The highest BCUT2D eigenvalue weighted by Crippen LogP contribution is 2.55. The lowest BCUT2D eigenvalue weighted by atomic mass is 9.97. The van der Waals surface area contributed by atoms with Gasteiger partial charge in [-0.05, 0) is 37.1 Å². The number of benzene rings is 6. The topological polar surface area (TPSA) is 18.5 Å². The lowest BCUT2D eigenvalue weighted by molar-refractivity contribution is -0.150. The lowest BCUT2D eigenvalue weighted by Gasteiger charge is -2.36.